The fraction of sp³-hybridized carbons (Fsp3) is 0.667. The number of benzene rings is 1. The zero-order chi connectivity index (χ0) is 19.2. The van der Waals surface area contributed by atoms with Crippen molar-refractivity contribution in [3.05, 3.63) is 29.3 Å². The van der Waals surface area contributed by atoms with E-state index in [-0.39, 0.29) is 13.2 Å². The highest BCUT2D eigenvalue weighted by Crippen LogP contribution is 2.20. The Kier molecular flexibility index (Phi) is 11.7. The summed E-state index contributed by atoms with van der Waals surface area (Å²) < 4.78 is 54.2. The van der Waals surface area contributed by atoms with Crippen LogP contribution in [0.2, 0.25) is 0 Å². The summed E-state index contributed by atoms with van der Waals surface area (Å²) in [5.41, 5.74) is 1.33. The summed E-state index contributed by atoms with van der Waals surface area (Å²) in [7, 11) is 0. The molecule has 1 aromatic carbocycles. The zero-order valence-electron chi connectivity index (χ0n) is 15.4. The second-order valence-electron chi connectivity index (χ2n) is 5.71. The highest BCUT2D eigenvalue weighted by molar-refractivity contribution is 7.79. The van der Waals surface area contributed by atoms with Crippen molar-refractivity contribution in [3.8, 4) is 0 Å². The SMILES string of the molecule is O=S(O)c1c2cccc1COCCOCCOCCOCCOCCOC2. The van der Waals surface area contributed by atoms with Gasteiger partial charge in [0.05, 0.1) is 84.2 Å². The summed E-state index contributed by atoms with van der Waals surface area (Å²) in [4.78, 5) is 0.340. The van der Waals surface area contributed by atoms with Crippen LogP contribution in [-0.2, 0) is 52.7 Å². The molecule has 27 heavy (non-hydrogen) atoms. The van der Waals surface area contributed by atoms with Gasteiger partial charge in [0.15, 0.2) is 11.1 Å². The molecule has 1 heterocycles. The lowest BCUT2D eigenvalue weighted by Gasteiger charge is -2.13. The Labute approximate surface area is 162 Å². The van der Waals surface area contributed by atoms with Crippen LogP contribution in [0.1, 0.15) is 11.1 Å². The molecule has 0 aliphatic carbocycles. The molecule has 2 rings (SSSR count). The third-order valence-electron chi connectivity index (χ3n) is 3.73. The molecule has 154 valence electrons. The molecule has 1 aliphatic rings. The Hall–Kier alpha value is -0.910. The summed E-state index contributed by atoms with van der Waals surface area (Å²) in [5.74, 6) is 0. The van der Waals surface area contributed by atoms with E-state index in [1.54, 1.807) is 12.1 Å². The van der Waals surface area contributed by atoms with Gasteiger partial charge in [-0.25, -0.2) is 4.21 Å². The summed E-state index contributed by atoms with van der Waals surface area (Å²) in [5, 5.41) is 0. The number of ether oxygens (including phenoxy) is 6. The first-order chi connectivity index (χ1) is 13.3. The molecule has 1 atom stereocenters. The third-order valence-corrected chi connectivity index (χ3v) is 4.60. The van der Waals surface area contributed by atoms with Gasteiger partial charge in [-0.15, -0.1) is 0 Å². The van der Waals surface area contributed by atoms with Crippen molar-refractivity contribution in [1.29, 1.82) is 0 Å². The normalized spacial score (nSPS) is 21.1. The molecule has 0 radical (unpaired) electrons. The maximum atomic E-state index is 11.8. The maximum absolute atomic E-state index is 11.8. The minimum absolute atomic E-state index is 0.232. The summed E-state index contributed by atoms with van der Waals surface area (Å²) in [6, 6.07) is 5.38. The van der Waals surface area contributed by atoms with Crippen molar-refractivity contribution in [3.63, 3.8) is 0 Å². The van der Waals surface area contributed by atoms with Crippen molar-refractivity contribution in [2.75, 3.05) is 66.1 Å². The van der Waals surface area contributed by atoms with E-state index in [2.05, 4.69) is 0 Å². The van der Waals surface area contributed by atoms with Gasteiger partial charge in [0.25, 0.3) is 0 Å². The predicted molar refractivity (Wildman–Crippen MR) is 98.1 cm³/mol. The second kappa shape index (κ2) is 14.1. The van der Waals surface area contributed by atoms with Crippen molar-refractivity contribution >= 4 is 11.1 Å². The molecule has 8 nitrogen and oxygen atoms in total. The monoisotopic (exact) mass is 404 g/mol. The second-order valence-corrected chi connectivity index (χ2v) is 6.62. The van der Waals surface area contributed by atoms with Crippen LogP contribution >= 0.6 is 0 Å². The van der Waals surface area contributed by atoms with Crippen molar-refractivity contribution < 1.29 is 37.2 Å². The highest BCUT2D eigenvalue weighted by atomic mass is 32.2. The zero-order valence-corrected chi connectivity index (χ0v) is 16.2. The third kappa shape index (κ3) is 9.22. The van der Waals surface area contributed by atoms with Gasteiger partial charge in [0.2, 0.25) is 0 Å². The molecule has 1 N–H and O–H groups in total. The average molecular weight is 404 g/mol. The van der Waals surface area contributed by atoms with Crippen LogP contribution in [0, 0.1) is 0 Å². The van der Waals surface area contributed by atoms with Crippen molar-refractivity contribution in [1.82, 2.24) is 0 Å². The summed E-state index contributed by atoms with van der Waals surface area (Å²) in [6.07, 6.45) is 0. The standard InChI is InChI=1S/C18H28O8S/c19-27(20)18-16-2-1-3-17(18)15-26-13-11-24-9-7-22-5-4-21-6-8-23-10-12-25-14-16/h1-3H,4-15H2,(H,19,20). The van der Waals surface area contributed by atoms with E-state index < -0.39 is 11.1 Å². The van der Waals surface area contributed by atoms with Gasteiger partial charge in [0, 0.05) is 0 Å². The average Bonchev–Trinajstić information content (AvgIpc) is 2.66. The first-order valence-electron chi connectivity index (χ1n) is 8.97. The van der Waals surface area contributed by atoms with E-state index in [9.17, 15) is 8.76 Å². The molecular formula is C18H28O8S. The molecule has 0 saturated heterocycles. The fourth-order valence-corrected chi connectivity index (χ4v) is 3.15. The number of fused-ring (bicyclic) bond motifs is 2. The summed E-state index contributed by atoms with van der Waals surface area (Å²) >= 11 is -2.12. The smallest absolute Gasteiger partial charge is 0.187 e. The first kappa shape index (κ1) is 22.4. The molecule has 1 unspecified atom stereocenters. The molecule has 1 aliphatic heterocycles. The van der Waals surface area contributed by atoms with E-state index in [4.69, 9.17) is 28.4 Å². The van der Waals surface area contributed by atoms with E-state index in [0.717, 1.165) is 0 Å². The van der Waals surface area contributed by atoms with Gasteiger partial charge < -0.3 is 33.0 Å². The highest BCUT2D eigenvalue weighted by Gasteiger charge is 2.14. The van der Waals surface area contributed by atoms with E-state index in [0.29, 0.717) is 82.1 Å². The quantitative estimate of drug-likeness (QED) is 0.702. The maximum Gasteiger partial charge on any atom is 0.187 e. The van der Waals surface area contributed by atoms with Crippen molar-refractivity contribution in [2.45, 2.75) is 18.1 Å². The topological polar surface area (TPSA) is 92.7 Å². The minimum atomic E-state index is -2.12. The van der Waals surface area contributed by atoms with Gasteiger partial charge in [-0.3, -0.25) is 0 Å². The van der Waals surface area contributed by atoms with Crippen molar-refractivity contribution in [2.24, 2.45) is 0 Å². The van der Waals surface area contributed by atoms with Crippen LogP contribution in [0.3, 0.4) is 0 Å². The fourth-order valence-electron chi connectivity index (χ4n) is 2.45. The molecule has 2 bridgehead atoms. The Morgan fingerprint density at radius 2 is 0.963 bits per heavy atom. The molecule has 9 heteroatoms. The Morgan fingerprint density at radius 3 is 1.30 bits per heavy atom. The lowest BCUT2D eigenvalue weighted by Crippen LogP contribution is -2.13. The van der Waals surface area contributed by atoms with E-state index >= 15 is 0 Å². The summed E-state index contributed by atoms with van der Waals surface area (Å²) in [6.45, 7) is 5.06. The Morgan fingerprint density at radius 1 is 0.630 bits per heavy atom. The van der Waals surface area contributed by atoms with Crippen LogP contribution in [0.15, 0.2) is 23.1 Å². The van der Waals surface area contributed by atoms with Gasteiger partial charge in [-0.1, -0.05) is 18.2 Å². The van der Waals surface area contributed by atoms with E-state index in [1.807, 2.05) is 6.07 Å². The van der Waals surface area contributed by atoms with Gasteiger partial charge in [0.1, 0.15) is 0 Å². The molecule has 0 saturated carbocycles. The van der Waals surface area contributed by atoms with Crippen LogP contribution in [0.4, 0.5) is 0 Å². The lowest BCUT2D eigenvalue weighted by molar-refractivity contribution is -0.0181. The Balaban J connectivity index is 1.91. The molecule has 0 amide bonds. The van der Waals surface area contributed by atoms with Crippen LogP contribution in [-0.4, -0.2) is 74.8 Å². The molecule has 1 aromatic rings. The van der Waals surface area contributed by atoms with Gasteiger partial charge >= 0.3 is 0 Å². The number of hydrogen-bond acceptors (Lipinski definition) is 7. The molecular weight excluding hydrogens is 376 g/mol. The molecule has 0 fully saturated rings. The molecule has 0 spiro atoms. The van der Waals surface area contributed by atoms with Crippen LogP contribution < -0.4 is 0 Å². The lowest BCUT2D eigenvalue weighted by atomic mass is 10.1. The van der Waals surface area contributed by atoms with Crippen LogP contribution in [0.5, 0.6) is 0 Å². The number of rotatable bonds is 1. The minimum Gasteiger partial charge on any atom is -0.377 e. The van der Waals surface area contributed by atoms with E-state index in [1.165, 1.54) is 0 Å². The largest absolute Gasteiger partial charge is 0.377 e. The number of hydrogen-bond donors (Lipinski definition) is 1. The predicted octanol–water partition coefficient (Wildman–Crippen LogP) is 1.38. The van der Waals surface area contributed by atoms with Gasteiger partial charge in [-0.2, -0.15) is 0 Å². The first-order valence-corrected chi connectivity index (χ1v) is 10.1. The van der Waals surface area contributed by atoms with Crippen LogP contribution in [0.25, 0.3) is 0 Å². The van der Waals surface area contributed by atoms with Gasteiger partial charge in [-0.05, 0) is 11.1 Å². The Bertz CT molecular complexity index is 516. The molecule has 0 aromatic heterocycles.